The minimum atomic E-state index is -0.613. The molecule has 0 saturated carbocycles. The standard InChI is InChI=1S/C12H12N4O4/c1-15(2)10-4-3-8(16(19)20)5-7(10)6-9-11(17)14-12(18)13-9/h3-6H,1-2H3,(H2,13,14,17,18). The van der Waals surface area contributed by atoms with Gasteiger partial charge in [0.25, 0.3) is 11.6 Å². The van der Waals surface area contributed by atoms with Crippen molar-refractivity contribution in [2.75, 3.05) is 19.0 Å². The summed E-state index contributed by atoms with van der Waals surface area (Å²) in [4.78, 5) is 34.6. The first-order chi connectivity index (χ1) is 9.38. The molecule has 1 aliphatic rings. The predicted octanol–water partition coefficient (Wildman–Crippen LogP) is 0.841. The number of nitro groups is 1. The van der Waals surface area contributed by atoms with Gasteiger partial charge in [-0.15, -0.1) is 0 Å². The van der Waals surface area contributed by atoms with Crippen molar-refractivity contribution in [2.45, 2.75) is 0 Å². The average Bonchev–Trinajstić information content (AvgIpc) is 2.67. The molecule has 1 aromatic carbocycles. The van der Waals surface area contributed by atoms with Crippen molar-refractivity contribution in [3.8, 4) is 0 Å². The number of urea groups is 1. The Bertz CT molecular complexity index is 636. The molecule has 0 unspecified atom stereocenters. The van der Waals surface area contributed by atoms with Crippen molar-refractivity contribution in [1.29, 1.82) is 0 Å². The van der Waals surface area contributed by atoms with Crippen LogP contribution in [0, 0.1) is 10.1 Å². The molecule has 0 aliphatic carbocycles. The van der Waals surface area contributed by atoms with Gasteiger partial charge in [0, 0.05) is 37.5 Å². The van der Waals surface area contributed by atoms with Crippen molar-refractivity contribution in [3.63, 3.8) is 0 Å². The Hall–Kier alpha value is -2.90. The van der Waals surface area contributed by atoms with Gasteiger partial charge in [0.2, 0.25) is 0 Å². The number of nitrogens with zero attached hydrogens (tertiary/aromatic N) is 2. The molecule has 0 bridgehead atoms. The van der Waals surface area contributed by atoms with Gasteiger partial charge in [-0.1, -0.05) is 0 Å². The van der Waals surface area contributed by atoms with Crippen LogP contribution in [0.5, 0.6) is 0 Å². The highest BCUT2D eigenvalue weighted by Crippen LogP contribution is 2.26. The zero-order valence-electron chi connectivity index (χ0n) is 10.8. The maximum atomic E-state index is 11.5. The minimum Gasteiger partial charge on any atom is -0.377 e. The number of hydrogen-bond donors (Lipinski definition) is 2. The Morgan fingerprint density at radius 2 is 1.95 bits per heavy atom. The first-order valence-electron chi connectivity index (χ1n) is 5.68. The van der Waals surface area contributed by atoms with Crippen LogP contribution in [0.1, 0.15) is 5.56 Å². The molecule has 104 valence electrons. The van der Waals surface area contributed by atoms with E-state index in [1.54, 1.807) is 25.1 Å². The van der Waals surface area contributed by atoms with Gasteiger partial charge in [0.05, 0.1) is 4.92 Å². The number of nitro benzene ring substituents is 1. The average molecular weight is 276 g/mol. The van der Waals surface area contributed by atoms with Gasteiger partial charge in [0.15, 0.2) is 0 Å². The quantitative estimate of drug-likeness (QED) is 0.368. The van der Waals surface area contributed by atoms with E-state index in [0.717, 1.165) is 0 Å². The summed E-state index contributed by atoms with van der Waals surface area (Å²) in [5.41, 5.74) is 1.12. The lowest BCUT2D eigenvalue weighted by Gasteiger charge is -2.15. The van der Waals surface area contributed by atoms with E-state index < -0.39 is 16.9 Å². The molecule has 1 heterocycles. The Morgan fingerprint density at radius 1 is 1.25 bits per heavy atom. The molecule has 20 heavy (non-hydrogen) atoms. The highest BCUT2D eigenvalue weighted by Gasteiger charge is 2.23. The highest BCUT2D eigenvalue weighted by molar-refractivity contribution is 6.14. The third-order valence-corrected chi connectivity index (χ3v) is 2.72. The lowest BCUT2D eigenvalue weighted by atomic mass is 10.1. The van der Waals surface area contributed by atoms with Crippen LogP contribution in [0.25, 0.3) is 6.08 Å². The number of carbonyl (C=O) groups excluding carboxylic acids is 2. The van der Waals surface area contributed by atoms with Crippen LogP contribution in [-0.2, 0) is 4.79 Å². The number of benzene rings is 1. The highest BCUT2D eigenvalue weighted by atomic mass is 16.6. The van der Waals surface area contributed by atoms with E-state index >= 15 is 0 Å². The summed E-state index contributed by atoms with van der Waals surface area (Å²) in [5.74, 6) is -0.564. The van der Waals surface area contributed by atoms with Gasteiger partial charge in [-0.25, -0.2) is 4.79 Å². The van der Waals surface area contributed by atoms with E-state index in [1.807, 2.05) is 0 Å². The van der Waals surface area contributed by atoms with Gasteiger partial charge in [0.1, 0.15) is 5.70 Å². The lowest BCUT2D eigenvalue weighted by Crippen LogP contribution is -2.22. The SMILES string of the molecule is CN(C)c1ccc([N+](=O)[O-])cc1C=C1NC(=O)NC1=O. The summed E-state index contributed by atoms with van der Waals surface area (Å²) in [6, 6.07) is 3.70. The Labute approximate surface area is 114 Å². The number of carbonyl (C=O) groups is 2. The van der Waals surface area contributed by atoms with Crippen LogP contribution < -0.4 is 15.5 Å². The molecule has 0 radical (unpaired) electrons. The molecule has 2 N–H and O–H groups in total. The van der Waals surface area contributed by atoms with Crippen LogP contribution in [0.15, 0.2) is 23.9 Å². The van der Waals surface area contributed by atoms with Gasteiger partial charge in [-0.05, 0) is 12.1 Å². The number of imide groups is 1. The fourth-order valence-electron chi connectivity index (χ4n) is 1.82. The second-order valence-electron chi connectivity index (χ2n) is 4.36. The Balaban J connectivity index is 2.50. The number of hydrogen-bond acceptors (Lipinski definition) is 5. The fraction of sp³-hybridized carbons (Fsp3) is 0.167. The molecule has 1 aliphatic heterocycles. The molecule has 2 rings (SSSR count). The number of anilines is 1. The molecule has 0 aromatic heterocycles. The summed E-state index contributed by atoms with van der Waals surface area (Å²) in [6.07, 6.45) is 1.41. The number of rotatable bonds is 3. The van der Waals surface area contributed by atoms with E-state index in [2.05, 4.69) is 10.6 Å². The molecule has 1 fully saturated rings. The minimum absolute atomic E-state index is 0.0543. The van der Waals surface area contributed by atoms with E-state index in [0.29, 0.717) is 11.3 Å². The van der Waals surface area contributed by atoms with E-state index in [4.69, 9.17) is 0 Å². The van der Waals surface area contributed by atoms with Crippen molar-refractivity contribution in [3.05, 3.63) is 39.6 Å². The smallest absolute Gasteiger partial charge is 0.326 e. The first-order valence-corrected chi connectivity index (χ1v) is 5.68. The van der Waals surface area contributed by atoms with Crippen LogP contribution in [-0.4, -0.2) is 31.0 Å². The monoisotopic (exact) mass is 276 g/mol. The van der Waals surface area contributed by atoms with E-state index in [1.165, 1.54) is 18.2 Å². The third-order valence-electron chi connectivity index (χ3n) is 2.72. The molecule has 3 amide bonds. The molecule has 8 heteroatoms. The normalized spacial score (nSPS) is 16.0. The molecule has 0 spiro atoms. The maximum Gasteiger partial charge on any atom is 0.326 e. The zero-order valence-corrected chi connectivity index (χ0v) is 10.8. The predicted molar refractivity (Wildman–Crippen MR) is 72.1 cm³/mol. The van der Waals surface area contributed by atoms with Crippen LogP contribution >= 0.6 is 0 Å². The van der Waals surface area contributed by atoms with Crippen LogP contribution in [0.3, 0.4) is 0 Å². The van der Waals surface area contributed by atoms with Gasteiger partial charge in [-0.2, -0.15) is 0 Å². The Kier molecular flexibility index (Phi) is 3.38. The van der Waals surface area contributed by atoms with Crippen molar-refractivity contribution >= 4 is 29.4 Å². The van der Waals surface area contributed by atoms with Crippen molar-refractivity contribution in [1.82, 2.24) is 10.6 Å². The second kappa shape index (κ2) is 5.00. The summed E-state index contributed by atoms with van der Waals surface area (Å²) < 4.78 is 0. The number of nitrogens with one attached hydrogen (secondary N) is 2. The Morgan fingerprint density at radius 3 is 2.45 bits per heavy atom. The summed E-state index contributed by atoms with van der Waals surface area (Å²) in [6.45, 7) is 0. The van der Waals surface area contributed by atoms with E-state index in [-0.39, 0.29) is 11.4 Å². The molecule has 1 aromatic rings. The molecular formula is C12H12N4O4. The summed E-state index contributed by atoms with van der Waals surface area (Å²) in [7, 11) is 3.55. The fourth-order valence-corrected chi connectivity index (χ4v) is 1.82. The third kappa shape index (κ3) is 2.58. The van der Waals surface area contributed by atoms with Crippen molar-refractivity contribution in [2.24, 2.45) is 0 Å². The molecule has 8 nitrogen and oxygen atoms in total. The van der Waals surface area contributed by atoms with E-state index in [9.17, 15) is 19.7 Å². The second-order valence-corrected chi connectivity index (χ2v) is 4.36. The largest absolute Gasteiger partial charge is 0.377 e. The lowest BCUT2D eigenvalue weighted by molar-refractivity contribution is -0.384. The zero-order chi connectivity index (χ0) is 14.9. The maximum absolute atomic E-state index is 11.5. The first kappa shape index (κ1) is 13.5. The van der Waals surface area contributed by atoms with Crippen LogP contribution in [0.2, 0.25) is 0 Å². The summed E-state index contributed by atoms with van der Waals surface area (Å²) >= 11 is 0. The number of amides is 3. The van der Waals surface area contributed by atoms with Crippen molar-refractivity contribution < 1.29 is 14.5 Å². The number of non-ortho nitro benzene ring substituents is 1. The van der Waals surface area contributed by atoms with Gasteiger partial charge >= 0.3 is 6.03 Å². The molecule has 0 atom stereocenters. The molecular weight excluding hydrogens is 264 g/mol. The summed E-state index contributed by atoms with van der Waals surface area (Å²) in [5, 5.41) is 15.2. The molecule has 1 saturated heterocycles. The topological polar surface area (TPSA) is 105 Å². The van der Waals surface area contributed by atoms with Crippen LogP contribution in [0.4, 0.5) is 16.2 Å². The van der Waals surface area contributed by atoms with Gasteiger partial charge < -0.3 is 10.2 Å². The van der Waals surface area contributed by atoms with Gasteiger partial charge in [-0.3, -0.25) is 20.2 Å².